The summed E-state index contributed by atoms with van der Waals surface area (Å²) < 4.78 is 10.7. The maximum atomic E-state index is 12.0. The molecule has 0 aromatic carbocycles. The van der Waals surface area contributed by atoms with E-state index in [2.05, 4.69) is 27.7 Å². The van der Waals surface area contributed by atoms with Gasteiger partial charge in [-0.15, -0.1) is 0 Å². The maximum absolute atomic E-state index is 12.0. The molecule has 1 heterocycles. The fourth-order valence-corrected chi connectivity index (χ4v) is 2.39. The second kappa shape index (κ2) is 10.8. The highest BCUT2D eigenvalue weighted by atomic mass is 16.6. The lowest BCUT2D eigenvalue weighted by molar-refractivity contribution is 0.0302. The Morgan fingerprint density at radius 1 is 1.22 bits per heavy atom. The van der Waals surface area contributed by atoms with E-state index in [1.807, 2.05) is 34.6 Å². The first-order valence-electron chi connectivity index (χ1n) is 9.64. The minimum atomic E-state index is -0.498. The largest absolute Gasteiger partial charge is 0.444 e. The van der Waals surface area contributed by atoms with Crippen LogP contribution < -0.4 is 10.6 Å². The van der Waals surface area contributed by atoms with E-state index in [-0.39, 0.29) is 6.09 Å². The fourth-order valence-electron chi connectivity index (χ4n) is 2.39. The van der Waals surface area contributed by atoms with Gasteiger partial charge in [0, 0.05) is 38.7 Å². The topological polar surface area (TPSA) is 92.0 Å². The van der Waals surface area contributed by atoms with Crippen LogP contribution in [0.4, 0.5) is 4.79 Å². The van der Waals surface area contributed by atoms with Crippen molar-refractivity contribution in [2.45, 2.75) is 66.5 Å². The molecule has 0 aliphatic rings. The van der Waals surface area contributed by atoms with E-state index in [0.717, 1.165) is 36.4 Å². The number of nitrogens with zero attached hydrogens (tertiary/aromatic N) is 3. The summed E-state index contributed by atoms with van der Waals surface area (Å²) in [6.07, 6.45) is 1.28. The molecule has 0 bridgehead atoms. The van der Waals surface area contributed by atoms with Crippen LogP contribution in [0.1, 0.15) is 58.6 Å². The molecule has 1 rings (SSSR count). The molecular weight excluding hydrogens is 346 g/mol. The Hall–Kier alpha value is -2.25. The Balaban J connectivity index is 2.62. The molecule has 1 amide bonds. The van der Waals surface area contributed by atoms with Crippen molar-refractivity contribution in [2.75, 3.05) is 26.7 Å². The van der Waals surface area contributed by atoms with E-state index in [0.29, 0.717) is 25.6 Å². The van der Waals surface area contributed by atoms with Crippen LogP contribution in [0, 0.1) is 0 Å². The van der Waals surface area contributed by atoms with E-state index in [1.165, 1.54) is 0 Å². The van der Waals surface area contributed by atoms with Gasteiger partial charge in [-0.3, -0.25) is 0 Å². The molecule has 0 saturated heterocycles. The van der Waals surface area contributed by atoms with Crippen molar-refractivity contribution < 1.29 is 14.1 Å². The molecule has 2 N–H and O–H groups in total. The van der Waals surface area contributed by atoms with E-state index in [9.17, 15) is 4.79 Å². The molecule has 0 aliphatic carbocycles. The minimum Gasteiger partial charge on any atom is -0.444 e. The van der Waals surface area contributed by atoms with Gasteiger partial charge < -0.3 is 24.8 Å². The zero-order chi connectivity index (χ0) is 20.4. The smallest absolute Gasteiger partial charge is 0.410 e. The highest BCUT2D eigenvalue weighted by molar-refractivity contribution is 5.79. The van der Waals surface area contributed by atoms with Crippen molar-refractivity contribution in [1.82, 2.24) is 20.7 Å². The van der Waals surface area contributed by atoms with Gasteiger partial charge in [0.1, 0.15) is 11.4 Å². The molecule has 0 spiro atoms. The SMILES string of the molecule is CCNC(=NCc1c(CC)noc1CC)NCCN(C)C(=O)OC(C)(C)C. The van der Waals surface area contributed by atoms with E-state index in [4.69, 9.17) is 9.26 Å². The lowest BCUT2D eigenvalue weighted by atomic mass is 10.1. The van der Waals surface area contributed by atoms with E-state index < -0.39 is 5.60 Å². The van der Waals surface area contributed by atoms with Crippen LogP contribution in [0.25, 0.3) is 0 Å². The van der Waals surface area contributed by atoms with Crippen molar-refractivity contribution in [3.63, 3.8) is 0 Å². The molecule has 8 nitrogen and oxygen atoms in total. The molecule has 8 heteroatoms. The van der Waals surface area contributed by atoms with Gasteiger partial charge in [-0.05, 0) is 34.1 Å². The molecule has 1 aromatic heterocycles. The van der Waals surface area contributed by atoms with Crippen LogP contribution in [0.2, 0.25) is 0 Å². The van der Waals surface area contributed by atoms with Crippen LogP contribution in [0.5, 0.6) is 0 Å². The number of guanidine groups is 1. The molecule has 0 aliphatic heterocycles. The van der Waals surface area contributed by atoms with Gasteiger partial charge in [0.05, 0.1) is 12.2 Å². The zero-order valence-corrected chi connectivity index (χ0v) is 17.8. The quantitative estimate of drug-likeness (QED) is 0.531. The molecule has 0 fully saturated rings. The lowest BCUT2D eigenvalue weighted by Gasteiger charge is -2.24. The second-order valence-corrected chi connectivity index (χ2v) is 7.26. The predicted molar refractivity (Wildman–Crippen MR) is 107 cm³/mol. The Labute approximate surface area is 162 Å². The number of aliphatic imine (C=N–C) groups is 1. The second-order valence-electron chi connectivity index (χ2n) is 7.26. The van der Waals surface area contributed by atoms with Crippen LogP contribution in [-0.4, -0.2) is 54.4 Å². The third-order valence-electron chi connectivity index (χ3n) is 3.79. The summed E-state index contributed by atoms with van der Waals surface area (Å²) in [5.74, 6) is 1.58. The number of carbonyl (C=O) groups is 1. The number of amides is 1. The average molecular weight is 382 g/mol. The number of ether oxygens (including phenoxy) is 1. The van der Waals surface area contributed by atoms with Gasteiger partial charge in [-0.1, -0.05) is 19.0 Å². The summed E-state index contributed by atoms with van der Waals surface area (Å²) in [7, 11) is 1.72. The predicted octanol–water partition coefficient (Wildman–Crippen LogP) is 2.72. The first kappa shape index (κ1) is 22.8. The van der Waals surface area contributed by atoms with Crippen LogP contribution in [-0.2, 0) is 24.1 Å². The number of aromatic nitrogens is 1. The average Bonchev–Trinajstić information content (AvgIpc) is 2.99. The number of nitrogens with one attached hydrogen (secondary N) is 2. The molecule has 0 saturated carbocycles. The number of carbonyl (C=O) groups excluding carboxylic acids is 1. The van der Waals surface area contributed by atoms with Gasteiger partial charge >= 0.3 is 6.09 Å². The van der Waals surface area contributed by atoms with E-state index in [1.54, 1.807) is 11.9 Å². The highest BCUT2D eigenvalue weighted by Crippen LogP contribution is 2.16. The third-order valence-corrected chi connectivity index (χ3v) is 3.79. The van der Waals surface area contributed by atoms with E-state index >= 15 is 0 Å². The molecule has 0 atom stereocenters. The van der Waals surface area contributed by atoms with Crippen molar-refractivity contribution in [1.29, 1.82) is 0 Å². The fraction of sp³-hybridized carbons (Fsp3) is 0.737. The maximum Gasteiger partial charge on any atom is 0.410 e. The highest BCUT2D eigenvalue weighted by Gasteiger charge is 2.19. The zero-order valence-electron chi connectivity index (χ0n) is 17.8. The van der Waals surface area contributed by atoms with Gasteiger partial charge in [0.2, 0.25) is 0 Å². The van der Waals surface area contributed by atoms with Crippen LogP contribution in [0.3, 0.4) is 0 Å². The van der Waals surface area contributed by atoms with Crippen molar-refractivity contribution >= 4 is 12.1 Å². The molecule has 1 aromatic rings. The summed E-state index contributed by atoms with van der Waals surface area (Å²) in [6, 6.07) is 0. The number of hydrogen-bond acceptors (Lipinski definition) is 5. The summed E-state index contributed by atoms with van der Waals surface area (Å²) in [5, 5.41) is 10.6. The monoisotopic (exact) mass is 381 g/mol. The van der Waals surface area contributed by atoms with Crippen LogP contribution >= 0.6 is 0 Å². The summed E-state index contributed by atoms with van der Waals surface area (Å²) in [6.45, 7) is 14.0. The Kier molecular flexibility index (Phi) is 9.11. The normalized spacial score (nSPS) is 12.0. The molecule has 27 heavy (non-hydrogen) atoms. The molecule has 0 radical (unpaired) electrons. The van der Waals surface area contributed by atoms with Gasteiger partial charge in [-0.25, -0.2) is 9.79 Å². The van der Waals surface area contributed by atoms with Crippen molar-refractivity contribution in [2.24, 2.45) is 4.99 Å². The molecule has 154 valence electrons. The van der Waals surface area contributed by atoms with Gasteiger partial charge in [0.15, 0.2) is 5.96 Å². The third kappa shape index (κ3) is 7.88. The van der Waals surface area contributed by atoms with Gasteiger partial charge in [-0.2, -0.15) is 0 Å². The summed E-state index contributed by atoms with van der Waals surface area (Å²) in [5.41, 5.74) is 1.51. The van der Waals surface area contributed by atoms with Crippen LogP contribution in [0.15, 0.2) is 9.52 Å². The van der Waals surface area contributed by atoms with Crippen molar-refractivity contribution in [3.05, 3.63) is 17.0 Å². The molecule has 0 unspecified atom stereocenters. The summed E-state index contributed by atoms with van der Waals surface area (Å²) in [4.78, 5) is 18.2. The minimum absolute atomic E-state index is 0.337. The number of hydrogen-bond donors (Lipinski definition) is 2. The Bertz CT molecular complexity index is 598. The number of aryl methyl sites for hydroxylation is 2. The Morgan fingerprint density at radius 2 is 1.93 bits per heavy atom. The first-order chi connectivity index (χ1) is 12.7. The number of rotatable bonds is 8. The number of likely N-dealkylation sites (N-methyl/N-ethyl adjacent to an activating group) is 1. The first-order valence-corrected chi connectivity index (χ1v) is 9.64. The standard InChI is InChI=1S/C19H35N5O3/c1-8-15-14(16(9-2)27-23-15)13-22-17(20-10-3)21-11-12-24(7)18(25)26-19(4,5)6/h8-13H2,1-7H3,(H2,20,21,22). The van der Waals surface area contributed by atoms with Gasteiger partial charge in [0.25, 0.3) is 0 Å². The Morgan fingerprint density at radius 3 is 2.48 bits per heavy atom. The van der Waals surface area contributed by atoms with Crippen molar-refractivity contribution in [3.8, 4) is 0 Å². The summed E-state index contributed by atoms with van der Waals surface area (Å²) >= 11 is 0. The lowest BCUT2D eigenvalue weighted by Crippen LogP contribution is -2.43. The molecular formula is C19H35N5O3.